The van der Waals surface area contributed by atoms with E-state index in [1.54, 1.807) is 31.4 Å². The number of anilines is 1. The number of nitrogens with one attached hydrogen (secondary N) is 3. The molecule has 1 unspecified atom stereocenters. The van der Waals surface area contributed by atoms with Crippen LogP contribution in [0.3, 0.4) is 0 Å². The summed E-state index contributed by atoms with van der Waals surface area (Å²) >= 11 is 6.32. The molecule has 3 aliphatic rings. The molecule has 4 N–H and O–H groups in total. The van der Waals surface area contributed by atoms with Crippen molar-refractivity contribution >= 4 is 35.1 Å². The van der Waals surface area contributed by atoms with Gasteiger partial charge in [-0.1, -0.05) is 67.9 Å². The van der Waals surface area contributed by atoms with Crippen LogP contribution in [0.15, 0.2) is 97.3 Å². The van der Waals surface area contributed by atoms with E-state index in [1.807, 2.05) is 60.8 Å². The molecule has 0 saturated heterocycles. The molecular weight excluding hydrogens is 838 g/mol. The number of aromatic nitrogens is 2. The van der Waals surface area contributed by atoms with Crippen LogP contribution in [0, 0.1) is 11.8 Å². The topological polar surface area (TPSA) is 152 Å². The molecule has 8 rings (SSSR count). The van der Waals surface area contributed by atoms with Crippen molar-refractivity contribution in [3.63, 3.8) is 0 Å². The molecule has 1 saturated carbocycles. The van der Waals surface area contributed by atoms with Gasteiger partial charge in [-0.15, -0.1) is 0 Å². The third-order valence-electron chi connectivity index (χ3n) is 14.0. The number of carbonyl (C=O) groups excluding carboxylic acids is 2. The van der Waals surface area contributed by atoms with Crippen molar-refractivity contribution in [2.45, 2.75) is 101 Å². The van der Waals surface area contributed by atoms with Crippen LogP contribution in [0.1, 0.15) is 110 Å². The number of ether oxygens (including phenoxy) is 2. The number of hydrogen-bond donors (Lipinski definition) is 4. The fourth-order valence-electron chi connectivity index (χ4n) is 10.6. The van der Waals surface area contributed by atoms with Crippen molar-refractivity contribution in [2.24, 2.45) is 11.8 Å². The Balaban J connectivity index is 0.910. The standard InChI is InChI=1S/C53H60ClN5O6/c1-34(33-65-47-18-24-56-45-13-4-8-35(2)49(45)47)26-40-29-38-14-16-43(31-44(38)52(40)19-21-53(22-20-52,51(62)63)59-42-12-6-11-41(54)30-42)64-25-7-23-57-48(60)28-36-9-5-10-37(27-36)39-15-17-46(58-32-39)50(61)55-3/h5-6,9-12,14-18,24,27,30-32,34-35,40,59H,4,7-8,13,19-23,25-26,28-29,33H2,1-3H3,(H,55,61)(H,57,60)(H,62,63)/t34-,35-,40?,52?,53?/m1/s1. The summed E-state index contributed by atoms with van der Waals surface area (Å²) in [7, 11) is 1.57. The molecule has 3 aromatic carbocycles. The van der Waals surface area contributed by atoms with Crippen LogP contribution in [-0.2, 0) is 34.3 Å². The third kappa shape index (κ3) is 10.3. The van der Waals surface area contributed by atoms with Gasteiger partial charge in [0, 0.05) is 53.5 Å². The van der Waals surface area contributed by atoms with Gasteiger partial charge in [0.1, 0.15) is 22.7 Å². The molecule has 3 aliphatic carbocycles. The maximum absolute atomic E-state index is 13.1. The molecule has 65 heavy (non-hydrogen) atoms. The lowest BCUT2D eigenvalue weighted by molar-refractivity contribution is -0.144. The molecule has 3 atom stereocenters. The molecule has 1 fully saturated rings. The Morgan fingerprint density at radius 2 is 1.77 bits per heavy atom. The number of pyridine rings is 2. The van der Waals surface area contributed by atoms with Gasteiger partial charge in [-0.25, -0.2) is 4.79 Å². The first-order valence-corrected chi connectivity index (χ1v) is 23.5. The molecule has 5 aromatic rings. The van der Waals surface area contributed by atoms with E-state index in [9.17, 15) is 19.5 Å². The Labute approximate surface area is 387 Å². The van der Waals surface area contributed by atoms with Crippen LogP contribution >= 0.6 is 11.6 Å². The maximum Gasteiger partial charge on any atom is 0.329 e. The predicted octanol–water partition coefficient (Wildman–Crippen LogP) is 9.75. The smallest absolute Gasteiger partial charge is 0.329 e. The van der Waals surface area contributed by atoms with Gasteiger partial charge in [-0.2, -0.15) is 0 Å². The van der Waals surface area contributed by atoms with Crippen LogP contribution in [0.25, 0.3) is 11.1 Å². The highest BCUT2D eigenvalue weighted by Gasteiger charge is 2.54. The van der Waals surface area contributed by atoms with Gasteiger partial charge in [0.2, 0.25) is 5.91 Å². The largest absolute Gasteiger partial charge is 0.494 e. The molecule has 340 valence electrons. The zero-order valence-corrected chi connectivity index (χ0v) is 38.4. The van der Waals surface area contributed by atoms with E-state index in [0.29, 0.717) is 80.1 Å². The molecule has 2 heterocycles. The van der Waals surface area contributed by atoms with Crippen LogP contribution in [0.4, 0.5) is 5.69 Å². The summed E-state index contributed by atoms with van der Waals surface area (Å²) in [4.78, 5) is 46.9. The lowest BCUT2D eigenvalue weighted by Crippen LogP contribution is -2.53. The van der Waals surface area contributed by atoms with Gasteiger partial charge in [0.25, 0.3) is 5.91 Å². The molecule has 0 bridgehead atoms. The first-order chi connectivity index (χ1) is 31.4. The Hall–Kier alpha value is -5.94. The Kier molecular flexibility index (Phi) is 14.1. The summed E-state index contributed by atoms with van der Waals surface area (Å²) in [5, 5.41) is 20.3. The van der Waals surface area contributed by atoms with Crippen LogP contribution in [-0.4, -0.2) is 65.2 Å². The Morgan fingerprint density at radius 3 is 2.54 bits per heavy atom. The highest BCUT2D eigenvalue weighted by Crippen LogP contribution is 2.57. The minimum absolute atomic E-state index is 0.0744. The summed E-state index contributed by atoms with van der Waals surface area (Å²) in [6.45, 7) is 6.05. The van der Waals surface area contributed by atoms with E-state index in [1.165, 1.54) is 16.7 Å². The minimum atomic E-state index is -1.12. The van der Waals surface area contributed by atoms with Gasteiger partial charge in [-0.05, 0) is 152 Å². The number of aryl methyl sites for hydroxylation is 1. The van der Waals surface area contributed by atoms with Crippen LogP contribution in [0.5, 0.6) is 11.5 Å². The van der Waals surface area contributed by atoms with E-state index in [0.717, 1.165) is 66.0 Å². The first kappa shape index (κ1) is 45.6. The van der Waals surface area contributed by atoms with Crippen LogP contribution in [0.2, 0.25) is 5.02 Å². The summed E-state index contributed by atoms with van der Waals surface area (Å²) in [5.74, 6) is 1.58. The molecule has 12 heteroatoms. The zero-order valence-electron chi connectivity index (χ0n) is 37.6. The number of aliphatic carboxylic acids is 1. The minimum Gasteiger partial charge on any atom is -0.494 e. The van der Waals surface area contributed by atoms with Gasteiger partial charge in [0.05, 0.1) is 19.6 Å². The second-order valence-electron chi connectivity index (χ2n) is 18.5. The van der Waals surface area contributed by atoms with Crippen molar-refractivity contribution in [2.75, 3.05) is 32.1 Å². The van der Waals surface area contributed by atoms with E-state index in [2.05, 4.69) is 51.9 Å². The number of nitrogens with zero attached hydrogens (tertiary/aromatic N) is 2. The number of carbonyl (C=O) groups is 3. The third-order valence-corrected chi connectivity index (χ3v) is 14.3. The average molecular weight is 899 g/mol. The summed E-state index contributed by atoms with van der Waals surface area (Å²) in [6, 6.07) is 27.1. The van der Waals surface area contributed by atoms with Crippen molar-refractivity contribution < 1.29 is 29.0 Å². The van der Waals surface area contributed by atoms with Crippen molar-refractivity contribution in [1.82, 2.24) is 20.6 Å². The van der Waals surface area contributed by atoms with Gasteiger partial charge >= 0.3 is 5.97 Å². The van der Waals surface area contributed by atoms with E-state index in [-0.39, 0.29) is 29.6 Å². The van der Waals surface area contributed by atoms with Crippen molar-refractivity contribution in [1.29, 1.82) is 0 Å². The molecule has 0 radical (unpaired) electrons. The highest BCUT2D eigenvalue weighted by atomic mass is 35.5. The summed E-state index contributed by atoms with van der Waals surface area (Å²) in [5.41, 5.74) is 7.36. The van der Waals surface area contributed by atoms with Crippen LogP contribution < -0.4 is 25.4 Å². The fraction of sp³-hybridized carbons (Fsp3) is 0.415. The van der Waals surface area contributed by atoms with Gasteiger partial charge < -0.3 is 30.5 Å². The molecule has 11 nitrogen and oxygen atoms in total. The molecule has 2 aromatic heterocycles. The summed E-state index contributed by atoms with van der Waals surface area (Å²) in [6.07, 6.45) is 11.9. The van der Waals surface area contributed by atoms with Gasteiger partial charge in [0.15, 0.2) is 0 Å². The monoisotopic (exact) mass is 897 g/mol. The van der Waals surface area contributed by atoms with E-state index in [4.69, 9.17) is 21.1 Å². The van der Waals surface area contributed by atoms with E-state index < -0.39 is 11.5 Å². The Morgan fingerprint density at radius 1 is 0.938 bits per heavy atom. The Bertz CT molecular complexity index is 2500. The SMILES string of the molecule is CNC(=O)c1ccc(-c2cccc(CC(=O)NCCCOc3ccc4c(c3)C3(CCC(Nc5cccc(Cl)c5)(C(=O)O)CC3)C(C[C@@H](C)COc3ccnc5c3[C@H](C)CCC5)C4)c2)cn1. The zero-order chi connectivity index (χ0) is 45.6. The van der Waals surface area contributed by atoms with Crippen molar-refractivity contribution in [3.05, 3.63) is 136 Å². The molecule has 0 aliphatic heterocycles. The molecule has 2 amide bonds. The second-order valence-corrected chi connectivity index (χ2v) is 18.9. The number of hydrogen-bond acceptors (Lipinski definition) is 8. The normalized spacial score (nSPS) is 21.4. The highest BCUT2D eigenvalue weighted by molar-refractivity contribution is 6.30. The van der Waals surface area contributed by atoms with Crippen molar-refractivity contribution in [3.8, 4) is 22.6 Å². The summed E-state index contributed by atoms with van der Waals surface area (Å²) < 4.78 is 13.0. The lowest BCUT2D eigenvalue weighted by Gasteiger charge is -2.47. The van der Waals surface area contributed by atoms with Gasteiger partial charge in [-0.3, -0.25) is 19.6 Å². The number of halogens is 1. The lowest BCUT2D eigenvalue weighted by atomic mass is 9.59. The maximum atomic E-state index is 13.1. The molecular formula is C53H60ClN5O6. The number of amides is 2. The molecule has 1 spiro atoms. The number of rotatable bonds is 17. The fourth-order valence-corrected chi connectivity index (χ4v) is 10.8. The number of benzene rings is 3. The van der Waals surface area contributed by atoms with E-state index >= 15 is 0 Å². The number of fused-ring (bicyclic) bond motifs is 3. The number of carboxylic acids is 1. The number of carboxylic acid groups (broad SMARTS) is 1. The quantitative estimate of drug-likeness (QED) is 0.0669. The second kappa shape index (κ2) is 20.1. The predicted molar refractivity (Wildman–Crippen MR) is 254 cm³/mol. The average Bonchev–Trinajstić information content (AvgIpc) is 3.59. The first-order valence-electron chi connectivity index (χ1n) is 23.1.